The summed E-state index contributed by atoms with van der Waals surface area (Å²) in [5, 5.41) is 21.3. The molecule has 0 radical (unpaired) electrons. The van der Waals surface area contributed by atoms with E-state index in [9.17, 15) is 14.7 Å². The SMILES string of the molecule is O=C(NC1CCC(O)CC1)[C@@H]1NC2(CCCCC2)[C@@]2(C(=O)Nc3cc(Cl)ccc32)[C@H]1c1cccc(Cl)c1. The molecule has 0 aromatic heterocycles. The fraction of sp³-hybridized carbons (Fsp3) is 0.517. The fourth-order valence-electron chi connectivity index (χ4n) is 7.70. The van der Waals surface area contributed by atoms with E-state index >= 15 is 0 Å². The fourth-order valence-corrected chi connectivity index (χ4v) is 8.07. The molecule has 2 amide bonds. The molecule has 3 atom stereocenters. The molecule has 4 N–H and O–H groups in total. The summed E-state index contributed by atoms with van der Waals surface area (Å²) in [4.78, 5) is 28.4. The van der Waals surface area contributed by atoms with Crippen LogP contribution >= 0.6 is 23.2 Å². The smallest absolute Gasteiger partial charge is 0.238 e. The van der Waals surface area contributed by atoms with E-state index in [2.05, 4.69) is 16.0 Å². The zero-order chi connectivity index (χ0) is 25.8. The number of halogens is 2. The maximum atomic E-state index is 14.3. The van der Waals surface area contributed by atoms with Gasteiger partial charge in [-0.1, -0.05) is 60.7 Å². The van der Waals surface area contributed by atoms with Crippen LogP contribution in [0.3, 0.4) is 0 Å². The molecule has 4 aliphatic rings. The predicted molar refractivity (Wildman–Crippen MR) is 145 cm³/mol. The van der Waals surface area contributed by atoms with Crippen LogP contribution in [0.5, 0.6) is 0 Å². The van der Waals surface area contributed by atoms with Gasteiger partial charge in [0.2, 0.25) is 11.8 Å². The molecule has 1 saturated heterocycles. The van der Waals surface area contributed by atoms with Gasteiger partial charge in [0.15, 0.2) is 0 Å². The second-order valence-electron chi connectivity index (χ2n) is 11.3. The number of nitrogens with one attached hydrogen (secondary N) is 3. The number of benzene rings is 2. The van der Waals surface area contributed by atoms with E-state index < -0.39 is 22.9 Å². The molecule has 3 fully saturated rings. The van der Waals surface area contributed by atoms with Gasteiger partial charge in [-0.2, -0.15) is 0 Å². The van der Waals surface area contributed by atoms with E-state index in [1.165, 1.54) is 0 Å². The number of amides is 2. The number of aliphatic hydroxyl groups excluding tert-OH is 1. The van der Waals surface area contributed by atoms with Gasteiger partial charge in [0.25, 0.3) is 0 Å². The third kappa shape index (κ3) is 3.99. The first-order valence-corrected chi connectivity index (χ1v) is 14.2. The van der Waals surface area contributed by atoms with Crippen LogP contribution in [0.2, 0.25) is 10.0 Å². The Bertz CT molecular complexity index is 1220. The lowest BCUT2D eigenvalue weighted by atomic mass is 9.55. The molecule has 2 spiro atoms. The average molecular weight is 543 g/mol. The monoisotopic (exact) mass is 541 g/mol. The molecule has 6 nitrogen and oxygen atoms in total. The van der Waals surface area contributed by atoms with Gasteiger partial charge in [-0.15, -0.1) is 0 Å². The number of anilines is 1. The highest BCUT2D eigenvalue weighted by molar-refractivity contribution is 6.31. The highest BCUT2D eigenvalue weighted by atomic mass is 35.5. The average Bonchev–Trinajstić information content (AvgIpc) is 3.33. The molecule has 0 bridgehead atoms. The Balaban J connectivity index is 1.51. The van der Waals surface area contributed by atoms with Crippen molar-refractivity contribution < 1.29 is 14.7 Å². The van der Waals surface area contributed by atoms with E-state index in [0.29, 0.717) is 22.9 Å². The van der Waals surface area contributed by atoms with Gasteiger partial charge in [0.05, 0.1) is 12.1 Å². The molecule has 37 heavy (non-hydrogen) atoms. The third-order valence-corrected chi connectivity index (χ3v) is 9.71. The first kappa shape index (κ1) is 25.2. The molecule has 2 aliphatic carbocycles. The van der Waals surface area contributed by atoms with E-state index in [0.717, 1.165) is 61.8 Å². The Morgan fingerprint density at radius 1 is 0.973 bits per heavy atom. The molecule has 0 unspecified atom stereocenters. The second-order valence-corrected chi connectivity index (χ2v) is 12.1. The van der Waals surface area contributed by atoms with Crippen LogP contribution < -0.4 is 16.0 Å². The Morgan fingerprint density at radius 2 is 1.70 bits per heavy atom. The van der Waals surface area contributed by atoms with Crippen molar-refractivity contribution in [3.63, 3.8) is 0 Å². The van der Waals surface area contributed by atoms with Crippen LogP contribution in [-0.4, -0.2) is 40.6 Å². The zero-order valence-electron chi connectivity index (χ0n) is 20.7. The quantitative estimate of drug-likeness (QED) is 0.437. The number of carbonyl (C=O) groups is 2. The summed E-state index contributed by atoms with van der Waals surface area (Å²) in [7, 11) is 0. The van der Waals surface area contributed by atoms with Gasteiger partial charge in [-0.05, 0) is 73.9 Å². The van der Waals surface area contributed by atoms with Crippen molar-refractivity contribution in [3.8, 4) is 0 Å². The number of hydrogen-bond donors (Lipinski definition) is 4. The van der Waals surface area contributed by atoms with Crippen molar-refractivity contribution >= 4 is 40.7 Å². The highest BCUT2D eigenvalue weighted by Crippen LogP contribution is 2.62. The Labute approximate surface area is 227 Å². The van der Waals surface area contributed by atoms with Gasteiger partial charge >= 0.3 is 0 Å². The molecular weight excluding hydrogens is 509 g/mol. The summed E-state index contributed by atoms with van der Waals surface area (Å²) in [5.74, 6) is -0.635. The Hall–Kier alpha value is -2.12. The number of rotatable bonds is 3. The summed E-state index contributed by atoms with van der Waals surface area (Å²) in [6.45, 7) is 0. The Kier molecular flexibility index (Phi) is 6.51. The lowest BCUT2D eigenvalue weighted by molar-refractivity contribution is -0.124. The van der Waals surface area contributed by atoms with Crippen LogP contribution in [0, 0.1) is 0 Å². The molecule has 2 heterocycles. The van der Waals surface area contributed by atoms with E-state index in [1.807, 2.05) is 42.5 Å². The molecule has 2 aromatic rings. The first-order chi connectivity index (χ1) is 17.8. The molecular formula is C29H33Cl2N3O3. The van der Waals surface area contributed by atoms with Crippen LogP contribution in [0.1, 0.15) is 74.8 Å². The standard InChI is InChI=1S/C29H33Cl2N3O3/c30-18-6-4-5-17(15-18)24-25(26(36)32-20-8-10-21(35)11-9-20)34-28(13-2-1-3-14-28)29(24)22-12-7-19(31)16-23(22)33-27(29)37/h4-7,12,15-16,20-21,24-25,34-35H,1-3,8-11,13-14H2,(H,32,36)(H,33,37)/t20?,21?,24-,25+,29+/m0/s1. The number of fused-ring (bicyclic) bond motifs is 3. The molecule has 2 saturated carbocycles. The maximum absolute atomic E-state index is 14.3. The summed E-state index contributed by atoms with van der Waals surface area (Å²) >= 11 is 12.8. The van der Waals surface area contributed by atoms with Crippen molar-refractivity contribution in [3.05, 3.63) is 63.6 Å². The van der Waals surface area contributed by atoms with Crippen molar-refractivity contribution in [2.45, 2.75) is 92.8 Å². The Morgan fingerprint density at radius 3 is 2.43 bits per heavy atom. The lowest BCUT2D eigenvalue weighted by Crippen LogP contribution is -2.60. The molecule has 2 aliphatic heterocycles. The van der Waals surface area contributed by atoms with Crippen molar-refractivity contribution in [2.75, 3.05) is 5.32 Å². The summed E-state index contributed by atoms with van der Waals surface area (Å²) in [6, 6.07) is 12.6. The van der Waals surface area contributed by atoms with E-state index in [-0.39, 0.29) is 24.0 Å². The first-order valence-electron chi connectivity index (χ1n) is 13.5. The van der Waals surface area contributed by atoms with Gasteiger partial charge in [0, 0.05) is 33.2 Å². The van der Waals surface area contributed by atoms with Crippen LogP contribution in [0.4, 0.5) is 5.69 Å². The van der Waals surface area contributed by atoms with Crippen LogP contribution in [0.25, 0.3) is 0 Å². The van der Waals surface area contributed by atoms with Gasteiger partial charge < -0.3 is 15.7 Å². The number of carbonyl (C=O) groups excluding carboxylic acids is 2. The second kappa shape index (κ2) is 9.57. The number of hydrogen-bond acceptors (Lipinski definition) is 4. The minimum atomic E-state index is -0.983. The van der Waals surface area contributed by atoms with Crippen molar-refractivity contribution in [1.82, 2.24) is 10.6 Å². The highest BCUT2D eigenvalue weighted by Gasteiger charge is 2.72. The zero-order valence-corrected chi connectivity index (χ0v) is 22.2. The minimum Gasteiger partial charge on any atom is -0.393 e. The van der Waals surface area contributed by atoms with E-state index in [1.54, 1.807) is 0 Å². The molecule has 2 aromatic carbocycles. The summed E-state index contributed by atoms with van der Waals surface area (Å²) < 4.78 is 0. The normalized spacial score (nSPS) is 32.4. The minimum absolute atomic E-state index is 0.0139. The third-order valence-electron chi connectivity index (χ3n) is 9.24. The molecule has 6 rings (SSSR count). The van der Waals surface area contributed by atoms with E-state index in [4.69, 9.17) is 23.2 Å². The van der Waals surface area contributed by atoms with Crippen molar-refractivity contribution in [2.24, 2.45) is 0 Å². The lowest BCUT2D eigenvalue weighted by Gasteiger charge is -2.47. The molecule has 196 valence electrons. The van der Waals surface area contributed by atoms with Crippen LogP contribution in [-0.2, 0) is 15.0 Å². The van der Waals surface area contributed by atoms with Crippen molar-refractivity contribution in [1.29, 1.82) is 0 Å². The van der Waals surface area contributed by atoms with Gasteiger partial charge in [0.1, 0.15) is 5.41 Å². The van der Waals surface area contributed by atoms with Gasteiger partial charge in [-0.25, -0.2) is 0 Å². The molecule has 8 heteroatoms. The predicted octanol–water partition coefficient (Wildman–Crippen LogP) is 5.06. The maximum Gasteiger partial charge on any atom is 0.238 e. The van der Waals surface area contributed by atoms with Crippen LogP contribution in [0.15, 0.2) is 42.5 Å². The largest absolute Gasteiger partial charge is 0.393 e. The number of aliphatic hydroxyl groups is 1. The summed E-state index contributed by atoms with van der Waals surface area (Å²) in [5.41, 5.74) is 0.935. The topological polar surface area (TPSA) is 90.5 Å². The summed E-state index contributed by atoms with van der Waals surface area (Å²) in [6.07, 6.45) is 7.27. The van der Waals surface area contributed by atoms with Gasteiger partial charge in [-0.3, -0.25) is 14.9 Å².